The second-order valence-electron chi connectivity index (χ2n) is 7.17. The first-order chi connectivity index (χ1) is 11.6. The molecule has 1 unspecified atom stereocenters. The van der Waals surface area contributed by atoms with Gasteiger partial charge in [0.15, 0.2) is 0 Å². The summed E-state index contributed by atoms with van der Waals surface area (Å²) in [5, 5.41) is 3.04. The Morgan fingerprint density at radius 2 is 1.92 bits per heavy atom. The summed E-state index contributed by atoms with van der Waals surface area (Å²) in [4.78, 5) is 6.10. The maximum absolute atomic E-state index is 6.10. The van der Waals surface area contributed by atoms with Crippen molar-refractivity contribution in [2.75, 3.05) is 13.2 Å². The molecular weight excluding hydrogens is 318 g/mol. The molecule has 0 bridgehead atoms. The summed E-state index contributed by atoms with van der Waals surface area (Å²) in [7, 11) is 0. The average molecular weight is 350 g/mol. The molecule has 1 aromatic carbocycles. The Balaban J connectivity index is 1.57. The van der Waals surface area contributed by atoms with E-state index in [1.807, 2.05) is 18.2 Å². The molecule has 1 saturated heterocycles. The Hall–Kier alpha value is -0.830. The third-order valence-electron chi connectivity index (χ3n) is 5.03. The summed E-state index contributed by atoms with van der Waals surface area (Å²) in [5.74, 6) is 0. The van der Waals surface area contributed by atoms with Gasteiger partial charge in [0.1, 0.15) is 0 Å². The van der Waals surface area contributed by atoms with Gasteiger partial charge in [-0.05, 0) is 63.1 Å². The first-order valence-corrected chi connectivity index (χ1v) is 9.78. The van der Waals surface area contributed by atoms with Gasteiger partial charge in [0, 0.05) is 17.1 Å². The van der Waals surface area contributed by atoms with Gasteiger partial charge < -0.3 is 0 Å². The molecule has 0 radical (unpaired) electrons. The molecule has 3 heteroatoms. The van der Waals surface area contributed by atoms with Crippen molar-refractivity contribution in [3.63, 3.8) is 0 Å². The van der Waals surface area contributed by atoms with Crippen LogP contribution < -0.4 is 0 Å². The van der Waals surface area contributed by atoms with Gasteiger partial charge >= 0.3 is 0 Å². The molecule has 1 heterocycles. The molecule has 1 fully saturated rings. The van der Waals surface area contributed by atoms with Gasteiger partial charge in [0.05, 0.1) is 6.61 Å². The van der Waals surface area contributed by atoms with Crippen LogP contribution in [0.5, 0.6) is 0 Å². The van der Waals surface area contributed by atoms with E-state index in [1.165, 1.54) is 44.1 Å². The lowest BCUT2D eigenvalue weighted by Gasteiger charge is -2.43. The van der Waals surface area contributed by atoms with Crippen LogP contribution in [0.4, 0.5) is 0 Å². The van der Waals surface area contributed by atoms with Crippen LogP contribution in [0.3, 0.4) is 0 Å². The first kappa shape index (κ1) is 19.5. The summed E-state index contributed by atoms with van der Waals surface area (Å²) >= 11 is 5.91. The predicted molar refractivity (Wildman–Crippen MR) is 103 cm³/mol. The monoisotopic (exact) mass is 349 g/mol. The smallest absolute Gasteiger partial charge is 0.0685 e. The number of halogens is 1. The Bertz CT molecular complexity index is 487. The van der Waals surface area contributed by atoms with Crippen LogP contribution in [0.25, 0.3) is 0 Å². The van der Waals surface area contributed by atoms with Crippen molar-refractivity contribution in [1.29, 1.82) is 0 Å². The standard InChI is InChI=1S/C21H32ClNO/c1-3-15-21(2)16-7-8-17-23(21)24-18-9-5-4-6-10-19-11-13-20(22)14-12-19/h3,11-14H,1,4-10,15-18H2,2H3. The fourth-order valence-electron chi connectivity index (χ4n) is 3.50. The van der Waals surface area contributed by atoms with E-state index in [1.54, 1.807) is 0 Å². The van der Waals surface area contributed by atoms with Crippen LogP contribution in [0.15, 0.2) is 36.9 Å². The van der Waals surface area contributed by atoms with Crippen molar-refractivity contribution >= 4 is 11.6 Å². The number of unbranched alkanes of at least 4 members (excludes halogenated alkanes) is 3. The third kappa shape index (κ3) is 6.23. The molecule has 1 aliphatic rings. The highest BCUT2D eigenvalue weighted by molar-refractivity contribution is 6.30. The SMILES string of the molecule is C=CCC1(C)CCCCN1OCCCCCCc1ccc(Cl)cc1. The van der Waals surface area contributed by atoms with Crippen LogP contribution in [0.1, 0.15) is 63.9 Å². The molecule has 2 nitrogen and oxygen atoms in total. The Morgan fingerprint density at radius 1 is 1.17 bits per heavy atom. The minimum Gasteiger partial charge on any atom is -0.298 e. The zero-order valence-corrected chi connectivity index (χ0v) is 15.9. The Labute approximate surface area is 152 Å². The van der Waals surface area contributed by atoms with Gasteiger partial charge in [-0.15, -0.1) is 6.58 Å². The lowest BCUT2D eigenvalue weighted by molar-refractivity contribution is -0.231. The van der Waals surface area contributed by atoms with Crippen LogP contribution in [-0.4, -0.2) is 23.8 Å². The van der Waals surface area contributed by atoms with Crippen molar-refractivity contribution in [2.45, 2.75) is 70.3 Å². The maximum atomic E-state index is 6.10. The molecule has 134 valence electrons. The summed E-state index contributed by atoms with van der Waals surface area (Å²) in [5.41, 5.74) is 1.53. The zero-order chi connectivity index (χ0) is 17.3. The van der Waals surface area contributed by atoms with Crippen molar-refractivity contribution in [2.24, 2.45) is 0 Å². The normalized spacial score (nSPS) is 21.8. The summed E-state index contributed by atoms with van der Waals surface area (Å²) in [6.07, 6.45) is 12.8. The van der Waals surface area contributed by atoms with Crippen molar-refractivity contribution < 1.29 is 4.84 Å². The van der Waals surface area contributed by atoms with E-state index in [4.69, 9.17) is 16.4 Å². The molecule has 24 heavy (non-hydrogen) atoms. The van der Waals surface area contributed by atoms with Crippen LogP contribution in [-0.2, 0) is 11.3 Å². The lowest BCUT2D eigenvalue weighted by atomic mass is 9.87. The van der Waals surface area contributed by atoms with Gasteiger partial charge in [0.25, 0.3) is 0 Å². The van der Waals surface area contributed by atoms with Gasteiger partial charge in [-0.1, -0.05) is 49.1 Å². The highest BCUT2D eigenvalue weighted by atomic mass is 35.5. The minimum atomic E-state index is 0.147. The zero-order valence-electron chi connectivity index (χ0n) is 15.1. The van der Waals surface area contributed by atoms with Gasteiger partial charge in [-0.3, -0.25) is 4.84 Å². The topological polar surface area (TPSA) is 12.5 Å². The van der Waals surface area contributed by atoms with Crippen LogP contribution in [0, 0.1) is 0 Å². The number of hydrogen-bond donors (Lipinski definition) is 0. The van der Waals surface area contributed by atoms with E-state index in [0.717, 1.165) is 37.4 Å². The highest BCUT2D eigenvalue weighted by Crippen LogP contribution is 2.31. The van der Waals surface area contributed by atoms with E-state index >= 15 is 0 Å². The van der Waals surface area contributed by atoms with E-state index in [0.29, 0.717) is 0 Å². The molecule has 0 amide bonds. The maximum Gasteiger partial charge on any atom is 0.0685 e. The lowest BCUT2D eigenvalue weighted by Crippen LogP contribution is -2.49. The molecule has 1 atom stereocenters. The molecule has 0 spiro atoms. The van der Waals surface area contributed by atoms with E-state index in [-0.39, 0.29) is 5.54 Å². The summed E-state index contributed by atoms with van der Waals surface area (Å²) in [6, 6.07) is 8.21. The number of benzene rings is 1. The van der Waals surface area contributed by atoms with Gasteiger partial charge in [-0.25, -0.2) is 0 Å². The predicted octanol–water partition coefficient (Wildman–Crippen LogP) is 6.20. The molecule has 0 aliphatic carbocycles. The molecule has 0 N–H and O–H groups in total. The Kier molecular flexibility index (Phi) is 8.31. The van der Waals surface area contributed by atoms with E-state index in [9.17, 15) is 0 Å². The first-order valence-electron chi connectivity index (χ1n) is 9.40. The number of nitrogens with zero attached hydrogens (tertiary/aromatic N) is 1. The number of rotatable bonds is 10. The summed E-state index contributed by atoms with van der Waals surface area (Å²) in [6.45, 7) is 8.11. The third-order valence-corrected chi connectivity index (χ3v) is 5.28. The van der Waals surface area contributed by atoms with Gasteiger partial charge in [0.2, 0.25) is 0 Å². The average Bonchev–Trinajstić information content (AvgIpc) is 2.57. The molecule has 0 aromatic heterocycles. The second kappa shape index (κ2) is 10.2. The highest BCUT2D eigenvalue weighted by Gasteiger charge is 2.34. The molecule has 2 rings (SSSR count). The van der Waals surface area contributed by atoms with Crippen LogP contribution >= 0.6 is 11.6 Å². The minimum absolute atomic E-state index is 0.147. The quantitative estimate of drug-likeness (QED) is 0.368. The molecule has 1 aliphatic heterocycles. The molecule has 1 aromatic rings. The Morgan fingerprint density at radius 3 is 2.67 bits per heavy atom. The number of hydrogen-bond acceptors (Lipinski definition) is 2. The fraction of sp³-hybridized carbons (Fsp3) is 0.619. The number of hydroxylamine groups is 2. The van der Waals surface area contributed by atoms with Gasteiger partial charge in [-0.2, -0.15) is 5.06 Å². The van der Waals surface area contributed by atoms with Crippen molar-refractivity contribution in [3.8, 4) is 0 Å². The number of piperidine rings is 1. The number of aryl methyl sites for hydroxylation is 1. The summed E-state index contributed by atoms with van der Waals surface area (Å²) < 4.78 is 0. The molecular formula is C21H32ClNO. The van der Waals surface area contributed by atoms with Crippen molar-refractivity contribution in [3.05, 3.63) is 47.5 Å². The second-order valence-corrected chi connectivity index (χ2v) is 7.61. The largest absolute Gasteiger partial charge is 0.298 e. The molecule has 0 saturated carbocycles. The van der Waals surface area contributed by atoms with Crippen LogP contribution in [0.2, 0.25) is 5.02 Å². The van der Waals surface area contributed by atoms with E-state index in [2.05, 4.69) is 30.7 Å². The fourth-order valence-corrected chi connectivity index (χ4v) is 3.63. The van der Waals surface area contributed by atoms with E-state index < -0.39 is 0 Å². The van der Waals surface area contributed by atoms with Crippen molar-refractivity contribution in [1.82, 2.24) is 5.06 Å².